The predicted octanol–water partition coefficient (Wildman–Crippen LogP) is 0.130. The van der Waals surface area contributed by atoms with Crippen LogP contribution >= 0.6 is 11.6 Å². The Kier molecular flexibility index (Phi) is 3.83. The fourth-order valence-corrected chi connectivity index (χ4v) is 2.20. The van der Waals surface area contributed by atoms with Crippen LogP contribution in [-0.4, -0.2) is 35.0 Å². The van der Waals surface area contributed by atoms with E-state index in [0.717, 1.165) is 0 Å². The number of hydrogen-bond acceptors (Lipinski definition) is 6. The lowest BCUT2D eigenvalue weighted by molar-refractivity contribution is -0.123. The fraction of sp³-hybridized carbons (Fsp3) is 0.500. The molecular formula is C10H15ClN6O. The summed E-state index contributed by atoms with van der Waals surface area (Å²) >= 11 is 6.09. The SMILES string of the molecule is CCC1C(=O)NCCN1c1nc(NN)ncc1Cl. The van der Waals surface area contributed by atoms with Gasteiger partial charge in [-0.2, -0.15) is 4.98 Å². The highest BCUT2D eigenvalue weighted by atomic mass is 35.5. The zero-order chi connectivity index (χ0) is 13.1. The van der Waals surface area contributed by atoms with Crippen LogP contribution in [0.5, 0.6) is 0 Å². The maximum absolute atomic E-state index is 11.8. The number of nitrogen functional groups attached to an aromatic ring is 1. The summed E-state index contributed by atoms with van der Waals surface area (Å²) in [6, 6.07) is -0.267. The highest BCUT2D eigenvalue weighted by Gasteiger charge is 2.30. The normalized spacial score (nSPS) is 19.6. The number of carbonyl (C=O) groups is 1. The quantitative estimate of drug-likeness (QED) is 0.534. The molecule has 1 atom stereocenters. The van der Waals surface area contributed by atoms with Gasteiger partial charge in [0.15, 0.2) is 5.82 Å². The van der Waals surface area contributed by atoms with Crippen LogP contribution in [0.25, 0.3) is 0 Å². The van der Waals surface area contributed by atoms with E-state index in [4.69, 9.17) is 17.4 Å². The van der Waals surface area contributed by atoms with Crippen molar-refractivity contribution in [3.8, 4) is 0 Å². The van der Waals surface area contributed by atoms with E-state index in [2.05, 4.69) is 20.7 Å². The summed E-state index contributed by atoms with van der Waals surface area (Å²) in [6.07, 6.45) is 2.15. The number of nitrogens with zero attached hydrogens (tertiary/aromatic N) is 3. The molecule has 0 spiro atoms. The molecule has 0 radical (unpaired) electrons. The Bertz CT molecular complexity index is 454. The smallest absolute Gasteiger partial charge is 0.242 e. The molecule has 0 saturated carbocycles. The van der Waals surface area contributed by atoms with Crippen molar-refractivity contribution < 1.29 is 4.79 Å². The zero-order valence-corrected chi connectivity index (χ0v) is 10.7. The average Bonchev–Trinajstić information content (AvgIpc) is 2.39. The zero-order valence-electron chi connectivity index (χ0n) is 9.98. The Morgan fingerprint density at radius 1 is 1.72 bits per heavy atom. The Morgan fingerprint density at radius 3 is 3.17 bits per heavy atom. The summed E-state index contributed by atoms with van der Waals surface area (Å²) in [4.78, 5) is 21.8. The molecule has 0 aromatic carbocycles. The summed E-state index contributed by atoms with van der Waals surface area (Å²) in [7, 11) is 0. The maximum atomic E-state index is 11.8. The second-order valence-electron chi connectivity index (χ2n) is 3.92. The molecule has 2 heterocycles. The van der Waals surface area contributed by atoms with Gasteiger partial charge < -0.3 is 10.2 Å². The van der Waals surface area contributed by atoms with Crippen molar-refractivity contribution in [1.82, 2.24) is 15.3 Å². The van der Waals surface area contributed by atoms with Gasteiger partial charge in [0.25, 0.3) is 0 Å². The maximum Gasteiger partial charge on any atom is 0.242 e. The average molecular weight is 271 g/mol. The van der Waals surface area contributed by atoms with E-state index in [1.165, 1.54) is 6.20 Å². The van der Waals surface area contributed by atoms with Gasteiger partial charge in [-0.1, -0.05) is 18.5 Å². The number of nitrogens with one attached hydrogen (secondary N) is 2. The number of halogens is 1. The van der Waals surface area contributed by atoms with Gasteiger partial charge in [-0.3, -0.25) is 10.2 Å². The Labute approximate surface area is 110 Å². The first-order valence-electron chi connectivity index (χ1n) is 5.71. The van der Waals surface area contributed by atoms with Crippen LogP contribution in [0.2, 0.25) is 5.02 Å². The lowest BCUT2D eigenvalue weighted by Crippen LogP contribution is -2.55. The third-order valence-corrected chi connectivity index (χ3v) is 3.11. The lowest BCUT2D eigenvalue weighted by Gasteiger charge is -2.35. The molecule has 1 unspecified atom stereocenters. The Balaban J connectivity index is 2.36. The van der Waals surface area contributed by atoms with Crippen LogP contribution in [0.1, 0.15) is 13.3 Å². The molecule has 1 fully saturated rings. The van der Waals surface area contributed by atoms with E-state index in [-0.39, 0.29) is 17.9 Å². The molecule has 1 aromatic rings. The van der Waals surface area contributed by atoms with Crippen molar-refractivity contribution in [1.29, 1.82) is 0 Å². The molecule has 1 aliphatic rings. The number of amides is 1. The molecular weight excluding hydrogens is 256 g/mol. The molecule has 1 aromatic heterocycles. The van der Waals surface area contributed by atoms with E-state index >= 15 is 0 Å². The van der Waals surface area contributed by atoms with Crippen LogP contribution in [0.4, 0.5) is 11.8 Å². The number of nitrogens with two attached hydrogens (primary N) is 1. The summed E-state index contributed by atoms with van der Waals surface area (Å²) < 4.78 is 0. The molecule has 0 bridgehead atoms. The number of hydrazine groups is 1. The molecule has 1 amide bonds. The van der Waals surface area contributed by atoms with Gasteiger partial charge in [0.1, 0.15) is 11.1 Å². The van der Waals surface area contributed by atoms with Crippen LogP contribution in [0.3, 0.4) is 0 Å². The third kappa shape index (κ3) is 2.32. The van der Waals surface area contributed by atoms with E-state index in [9.17, 15) is 4.79 Å². The Morgan fingerprint density at radius 2 is 2.50 bits per heavy atom. The molecule has 8 heteroatoms. The predicted molar refractivity (Wildman–Crippen MR) is 69.3 cm³/mol. The van der Waals surface area contributed by atoms with Gasteiger partial charge in [0.05, 0.1) is 6.20 Å². The van der Waals surface area contributed by atoms with Crippen molar-refractivity contribution in [2.45, 2.75) is 19.4 Å². The number of rotatable bonds is 3. The molecule has 1 saturated heterocycles. The van der Waals surface area contributed by atoms with E-state index in [1.54, 1.807) is 0 Å². The third-order valence-electron chi connectivity index (χ3n) is 2.84. The van der Waals surface area contributed by atoms with Gasteiger partial charge in [-0.25, -0.2) is 10.8 Å². The van der Waals surface area contributed by atoms with Gasteiger partial charge >= 0.3 is 0 Å². The van der Waals surface area contributed by atoms with Crippen molar-refractivity contribution in [3.05, 3.63) is 11.2 Å². The molecule has 18 heavy (non-hydrogen) atoms. The van der Waals surface area contributed by atoms with Crippen LogP contribution in [0.15, 0.2) is 6.20 Å². The van der Waals surface area contributed by atoms with Crippen LogP contribution < -0.4 is 21.5 Å². The highest BCUT2D eigenvalue weighted by molar-refractivity contribution is 6.32. The van der Waals surface area contributed by atoms with E-state index in [1.807, 2.05) is 11.8 Å². The van der Waals surface area contributed by atoms with E-state index < -0.39 is 0 Å². The molecule has 1 aliphatic heterocycles. The summed E-state index contributed by atoms with van der Waals surface area (Å²) in [5.74, 6) is 6.07. The number of aromatic nitrogens is 2. The van der Waals surface area contributed by atoms with Crippen LogP contribution in [0, 0.1) is 0 Å². The standard InChI is InChI=1S/C10H15ClN6O/c1-2-7-9(18)13-3-4-17(7)8-6(11)5-14-10(15-8)16-12/h5,7H,2-4,12H2,1H3,(H,13,18)(H,14,15,16). The minimum atomic E-state index is -0.267. The topological polar surface area (TPSA) is 96.2 Å². The molecule has 98 valence electrons. The minimum absolute atomic E-state index is 0.0133. The van der Waals surface area contributed by atoms with Crippen molar-refractivity contribution in [2.24, 2.45) is 5.84 Å². The molecule has 0 aliphatic carbocycles. The summed E-state index contributed by atoms with van der Waals surface area (Å²) in [5.41, 5.74) is 2.37. The number of carbonyl (C=O) groups excluding carboxylic acids is 1. The highest BCUT2D eigenvalue weighted by Crippen LogP contribution is 2.27. The lowest BCUT2D eigenvalue weighted by atomic mass is 10.1. The molecule has 2 rings (SSSR count). The second kappa shape index (κ2) is 5.36. The number of piperazine rings is 1. The van der Waals surface area contributed by atoms with Gasteiger partial charge in [-0.05, 0) is 6.42 Å². The number of hydrogen-bond donors (Lipinski definition) is 3. The van der Waals surface area contributed by atoms with Crippen LogP contribution in [-0.2, 0) is 4.79 Å². The van der Waals surface area contributed by atoms with Gasteiger partial charge in [0.2, 0.25) is 11.9 Å². The van der Waals surface area contributed by atoms with Gasteiger partial charge in [-0.15, -0.1) is 0 Å². The monoisotopic (exact) mass is 270 g/mol. The number of anilines is 2. The first-order valence-corrected chi connectivity index (χ1v) is 6.08. The minimum Gasteiger partial charge on any atom is -0.353 e. The first kappa shape index (κ1) is 12.8. The second-order valence-corrected chi connectivity index (χ2v) is 4.33. The first-order chi connectivity index (χ1) is 8.67. The largest absolute Gasteiger partial charge is 0.353 e. The Hall–Kier alpha value is -1.60. The molecule has 7 nitrogen and oxygen atoms in total. The molecule has 4 N–H and O–H groups in total. The van der Waals surface area contributed by atoms with Crippen molar-refractivity contribution >= 4 is 29.3 Å². The van der Waals surface area contributed by atoms with Crippen molar-refractivity contribution in [2.75, 3.05) is 23.4 Å². The van der Waals surface area contributed by atoms with Gasteiger partial charge in [0, 0.05) is 13.1 Å². The summed E-state index contributed by atoms with van der Waals surface area (Å²) in [5, 5.41) is 3.23. The van der Waals surface area contributed by atoms with Crippen molar-refractivity contribution in [3.63, 3.8) is 0 Å². The summed E-state index contributed by atoms with van der Waals surface area (Å²) in [6.45, 7) is 3.17. The van der Waals surface area contributed by atoms with E-state index in [0.29, 0.717) is 30.4 Å². The fourth-order valence-electron chi connectivity index (χ4n) is 2.00.